The summed E-state index contributed by atoms with van der Waals surface area (Å²) in [6, 6.07) is 10.5. The monoisotopic (exact) mass is 351 g/mol. The molecule has 0 aliphatic heterocycles. The minimum absolute atomic E-state index is 0.121. The van der Waals surface area contributed by atoms with Crippen LogP contribution in [0.25, 0.3) is 11.5 Å². The van der Waals surface area contributed by atoms with Crippen LogP contribution < -0.4 is 11.1 Å². The van der Waals surface area contributed by atoms with Gasteiger partial charge in [0.2, 0.25) is 17.6 Å². The molecule has 0 atom stereocenters. The lowest BCUT2D eigenvalue weighted by Gasteiger charge is -2.10. The van der Waals surface area contributed by atoms with Crippen LogP contribution in [0.2, 0.25) is 0 Å². The molecule has 2 amide bonds. The Labute approximate surface area is 149 Å². The minimum atomic E-state index is -0.588. The number of anilines is 1. The van der Waals surface area contributed by atoms with Gasteiger partial charge in [0.1, 0.15) is 5.69 Å². The van der Waals surface area contributed by atoms with Crippen molar-refractivity contribution in [1.29, 1.82) is 0 Å². The summed E-state index contributed by atoms with van der Waals surface area (Å²) < 4.78 is 5.15. The van der Waals surface area contributed by atoms with E-state index in [0.717, 1.165) is 0 Å². The number of rotatable bonds is 6. The molecule has 1 aromatic carbocycles. The average molecular weight is 351 g/mol. The summed E-state index contributed by atoms with van der Waals surface area (Å²) in [5, 5.41) is 6.56. The lowest BCUT2D eigenvalue weighted by atomic mass is 10.1. The van der Waals surface area contributed by atoms with E-state index in [9.17, 15) is 9.59 Å². The normalized spacial score (nSPS) is 10.5. The Morgan fingerprint density at radius 1 is 1.19 bits per heavy atom. The fourth-order valence-electron chi connectivity index (χ4n) is 2.49. The third-order valence-electron chi connectivity index (χ3n) is 3.72. The molecular weight excluding hydrogens is 334 g/mol. The number of carbonyl (C=O) groups is 2. The van der Waals surface area contributed by atoms with Gasteiger partial charge in [0, 0.05) is 19.0 Å². The molecule has 0 saturated carbocycles. The van der Waals surface area contributed by atoms with Crippen LogP contribution in [0.15, 0.2) is 47.1 Å². The first-order valence-corrected chi connectivity index (χ1v) is 7.98. The van der Waals surface area contributed by atoms with Crippen molar-refractivity contribution in [2.75, 3.05) is 5.32 Å². The van der Waals surface area contributed by atoms with Crippen LogP contribution in [-0.2, 0) is 11.2 Å². The second kappa shape index (κ2) is 7.56. The van der Waals surface area contributed by atoms with Crippen molar-refractivity contribution in [3.05, 3.63) is 59.6 Å². The molecule has 0 saturated heterocycles. The van der Waals surface area contributed by atoms with E-state index in [1.165, 1.54) is 0 Å². The predicted octanol–water partition coefficient (Wildman–Crippen LogP) is 2.11. The van der Waals surface area contributed by atoms with E-state index in [1.807, 2.05) is 6.07 Å². The molecule has 3 aromatic rings. The zero-order valence-electron chi connectivity index (χ0n) is 14.1. The topological polar surface area (TPSA) is 124 Å². The molecule has 0 spiro atoms. The van der Waals surface area contributed by atoms with Gasteiger partial charge in [-0.25, -0.2) is 0 Å². The van der Waals surface area contributed by atoms with Crippen LogP contribution in [0, 0.1) is 6.92 Å². The Morgan fingerprint density at radius 2 is 2.04 bits per heavy atom. The zero-order chi connectivity index (χ0) is 18.5. The molecule has 132 valence electrons. The molecule has 26 heavy (non-hydrogen) atoms. The van der Waals surface area contributed by atoms with Crippen LogP contribution in [-0.4, -0.2) is 26.9 Å². The van der Waals surface area contributed by atoms with Crippen LogP contribution in [0.5, 0.6) is 0 Å². The van der Waals surface area contributed by atoms with E-state index >= 15 is 0 Å². The first-order valence-electron chi connectivity index (χ1n) is 7.98. The largest absolute Gasteiger partial charge is 0.366 e. The van der Waals surface area contributed by atoms with E-state index in [0.29, 0.717) is 34.2 Å². The standard InChI is InChI=1S/C18H17N5O3/c1-11-5-4-7-12(16(11)17(19)25)21-14(24)8-9-15-22-18(23-26-15)13-6-2-3-10-20-13/h2-7,10H,8-9H2,1H3,(H2,19,25)(H,21,24). The van der Waals surface area contributed by atoms with Gasteiger partial charge in [-0.05, 0) is 30.7 Å². The summed E-state index contributed by atoms with van der Waals surface area (Å²) in [6.45, 7) is 1.76. The summed E-state index contributed by atoms with van der Waals surface area (Å²) >= 11 is 0. The maximum atomic E-state index is 12.2. The number of aromatic nitrogens is 3. The van der Waals surface area contributed by atoms with Gasteiger partial charge in [-0.3, -0.25) is 14.6 Å². The van der Waals surface area contributed by atoms with Gasteiger partial charge in [-0.1, -0.05) is 23.4 Å². The molecule has 2 heterocycles. The fraction of sp³-hybridized carbons (Fsp3) is 0.167. The summed E-state index contributed by atoms with van der Waals surface area (Å²) in [4.78, 5) is 32.1. The maximum absolute atomic E-state index is 12.2. The van der Waals surface area contributed by atoms with Gasteiger partial charge >= 0.3 is 0 Å². The van der Waals surface area contributed by atoms with Crippen molar-refractivity contribution in [1.82, 2.24) is 15.1 Å². The highest BCUT2D eigenvalue weighted by Gasteiger charge is 2.15. The molecule has 0 aliphatic rings. The minimum Gasteiger partial charge on any atom is -0.366 e. The van der Waals surface area contributed by atoms with E-state index in [2.05, 4.69) is 20.4 Å². The van der Waals surface area contributed by atoms with Gasteiger partial charge in [0.05, 0.1) is 11.3 Å². The number of hydrogen-bond donors (Lipinski definition) is 2. The highest BCUT2D eigenvalue weighted by Crippen LogP contribution is 2.19. The number of amides is 2. The Morgan fingerprint density at radius 3 is 2.77 bits per heavy atom. The third-order valence-corrected chi connectivity index (χ3v) is 3.72. The van der Waals surface area contributed by atoms with Crippen molar-refractivity contribution in [3.63, 3.8) is 0 Å². The van der Waals surface area contributed by atoms with Gasteiger partial charge in [0.25, 0.3) is 5.91 Å². The lowest BCUT2D eigenvalue weighted by Crippen LogP contribution is -2.19. The highest BCUT2D eigenvalue weighted by atomic mass is 16.5. The smallest absolute Gasteiger partial charge is 0.251 e. The molecule has 3 rings (SSSR count). The van der Waals surface area contributed by atoms with Crippen LogP contribution in [0.3, 0.4) is 0 Å². The zero-order valence-corrected chi connectivity index (χ0v) is 14.1. The summed E-state index contributed by atoms with van der Waals surface area (Å²) in [5.41, 5.74) is 7.37. The number of nitrogens with one attached hydrogen (secondary N) is 1. The summed E-state index contributed by atoms with van der Waals surface area (Å²) in [5.74, 6) is -0.165. The third kappa shape index (κ3) is 3.92. The molecule has 0 bridgehead atoms. The summed E-state index contributed by atoms with van der Waals surface area (Å²) in [7, 11) is 0. The van der Waals surface area contributed by atoms with Gasteiger partial charge in [-0.2, -0.15) is 4.98 Å². The molecule has 2 aromatic heterocycles. The molecule has 8 heteroatoms. The molecule has 0 unspecified atom stereocenters. The predicted molar refractivity (Wildman–Crippen MR) is 94.2 cm³/mol. The second-order valence-corrected chi connectivity index (χ2v) is 5.64. The molecule has 0 radical (unpaired) electrons. The first kappa shape index (κ1) is 17.3. The van der Waals surface area contributed by atoms with Gasteiger partial charge in [-0.15, -0.1) is 0 Å². The number of aryl methyl sites for hydroxylation is 2. The molecular formula is C18H17N5O3. The van der Waals surface area contributed by atoms with E-state index < -0.39 is 5.91 Å². The second-order valence-electron chi connectivity index (χ2n) is 5.64. The number of primary amides is 1. The number of carbonyl (C=O) groups excluding carboxylic acids is 2. The highest BCUT2D eigenvalue weighted by molar-refractivity contribution is 6.04. The molecule has 0 aliphatic carbocycles. The van der Waals surface area contributed by atoms with E-state index in [1.54, 1.807) is 43.5 Å². The van der Waals surface area contributed by atoms with E-state index in [4.69, 9.17) is 10.3 Å². The first-order chi connectivity index (χ1) is 12.5. The summed E-state index contributed by atoms with van der Waals surface area (Å²) in [6.07, 6.45) is 2.02. The van der Waals surface area contributed by atoms with Gasteiger partial charge < -0.3 is 15.6 Å². The SMILES string of the molecule is Cc1cccc(NC(=O)CCc2nc(-c3ccccn3)no2)c1C(N)=O. The number of benzene rings is 1. The van der Waals surface area contributed by atoms with Gasteiger partial charge in [0.15, 0.2) is 0 Å². The Bertz CT molecular complexity index is 937. The Hall–Kier alpha value is -3.55. The van der Waals surface area contributed by atoms with Crippen molar-refractivity contribution >= 4 is 17.5 Å². The fourth-order valence-corrected chi connectivity index (χ4v) is 2.49. The molecule has 3 N–H and O–H groups in total. The molecule has 8 nitrogen and oxygen atoms in total. The average Bonchev–Trinajstić information content (AvgIpc) is 3.09. The quantitative estimate of drug-likeness (QED) is 0.701. The van der Waals surface area contributed by atoms with Crippen LogP contribution >= 0.6 is 0 Å². The number of nitrogens with two attached hydrogens (primary N) is 1. The lowest BCUT2D eigenvalue weighted by molar-refractivity contribution is -0.116. The van der Waals surface area contributed by atoms with Crippen LogP contribution in [0.4, 0.5) is 5.69 Å². The Balaban J connectivity index is 1.63. The number of pyridine rings is 1. The van der Waals surface area contributed by atoms with E-state index in [-0.39, 0.29) is 18.7 Å². The van der Waals surface area contributed by atoms with Crippen molar-refractivity contribution in [2.45, 2.75) is 19.8 Å². The van der Waals surface area contributed by atoms with Crippen molar-refractivity contribution < 1.29 is 14.1 Å². The number of hydrogen-bond acceptors (Lipinski definition) is 6. The maximum Gasteiger partial charge on any atom is 0.251 e. The van der Waals surface area contributed by atoms with Crippen LogP contribution in [0.1, 0.15) is 28.2 Å². The van der Waals surface area contributed by atoms with Crippen molar-refractivity contribution in [3.8, 4) is 11.5 Å². The number of nitrogens with zero attached hydrogens (tertiary/aromatic N) is 3. The Kier molecular flexibility index (Phi) is 5.02. The van der Waals surface area contributed by atoms with Crippen molar-refractivity contribution in [2.24, 2.45) is 5.73 Å². The molecule has 0 fully saturated rings.